The molecule has 4 aliphatic carbocycles. The highest BCUT2D eigenvalue weighted by Gasteiger charge is 2.51. The number of nitrogens with zero attached hydrogens (tertiary/aromatic N) is 4. The SMILES string of the molecule is COc1ccc(C23CCC(Cc4c(-c5cnn(C(C)(C)C(F)(F)F)c5)ccnc4NC(=O)C4CCC(OC(=O)N5CC(O)C5)CC4)(CC2)CC3)cc1C. The Morgan fingerprint density at radius 1 is 1.02 bits per heavy atom. The minimum atomic E-state index is -4.51. The summed E-state index contributed by atoms with van der Waals surface area (Å²) in [4.78, 5) is 32.3. The molecule has 0 radical (unpaired) electrons. The average molecular weight is 738 g/mol. The number of ether oxygens (including phenoxy) is 2. The van der Waals surface area contributed by atoms with E-state index in [-0.39, 0.29) is 41.8 Å². The van der Waals surface area contributed by atoms with Crippen LogP contribution >= 0.6 is 0 Å². The topological polar surface area (TPSA) is 119 Å². The summed E-state index contributed by atoms with van der Waals surface area (Å²) in [5.74, 6) is 0.842. The van der Waals surface area contributed by atoms with Gasteiger partial charge >= 0.3 is 12.3 Å². The summed E-state index contributed by atoms with van der Waals surface area (Å²) < 4.78 is 54.2. The number of amides is 2. The Bertz CT molecular complexity index is 1820. The van der Waals surface area contributed by atoms with Crippen molar-refractivity contribution in [1.82, 2.24) is 19.7 Å². The first-order chi connectivity index (χ1) is 25.1. The third-order valence-electron chi connectivity index (χ3n) is 12.9. The van der Waals surface area contributed by atoms with Gasteiger partial charge in [-0.3, -0.25) is 9.48 Å². The summed E-state index contributed by atoms with van der Waals surface area (Å²) >= 11 is 0. The molecule has 1 aliphatic heterocycles. The fourth-order valence-electron chi connectivity index (χ4n) is 8.97. The molecule has 2 aromatic heterocycles. The predicted molar refractivity (Wildman–Crippen MR) is 193 cm³/mol. The van der Waals surface area contributed by atoms with Gasteiger partial charge in [0.05, 0.1) is 32.5 Å². The Labute approximate surface area is 308 Å². The van der Waals surface area contributed by atoms with E-state index in [1.807, 2.05) is 6.07 Å². The molecule has 3 aromatic rings. The lowest BCUT2D eigenvalue weighted by molar-refractivity contribution is -0.205. The molecule has 3 heterocycles. The zero-order valence-corrected chi connectivity index (χ0v) is 31.0. The number of rotatable bonds is 9. The molecule has 2 bridgehead atoms. The molecule has 1 saturated heterocycles. The van der Waals surface area contributed by atoms with E-state index in [1.165, 1.54) is 22.9 Å². The molecule has 0 atom stereocenters. The lowest BCUT2D eigenvalue weighted by atomic mass is 9.50. The number of methoxy groups -OCH3 is 1. The van der Waals surface area contributed by atoms with E-state index in [2.05, 4.69) is 40.5 Å². The van der Waals surface area contributed by atoms with E-state index in [4.69, 9.17) is 9.47 Å². The van der Waals surface area contributed by atoms with Gasteiger partial charge in [0.2, 0.25) is 5.91 Å². The minimum absolute atomic E-state index is 0.0454. The largest absolute Gasteiger partial charge is 0.496 e. The van der Waals surface area contributed by atoms with Crippen LogP contribution in [-0.2, 0) is 26.9 Å². The number of halogens is 3. The number of likely N-dealkylation sites (tertiary alicyclic amines) is 1. The van der Waals surface area contributed by atoms with Crippen molar-refractivity contribution in [3.63, 3.8) is 0 Å². The van der Waals surface area contributed by atoms with Crippen molar-refractivity contribution < 1.29 is 37.3 Å². The number of hydrogen-bond donors (Lipinski definition) is 2. The molecule has 4 saturated carbocycles. The lowest BCUT2D eigenvalue weighted by Gasteiger charge is -2.54. The summed E-state index contributed by atoms with van der Waals surface area (Å²) in [7, 11) is 1.69. The number of hydrogen-bond acceptors (Lipinski definition) is 7. The van der Waals surface area contributed by atoms with Crippen molar-refractivity contribution >= 4 is 17.8 Å². The number of fused-ring (bicyclic) bond motifs is 3. The summed E-state index contributed by atoms with van der Waals surface area (Å²) in [5.41, 5.74) is 2.39. The van der Waals surface area contributed by atoms with Crippen LogP contribution in [0.25, 0.3) is 11.1 Å². The summed E-state index contributed by atoms with van der Waals surface area (Å²) in [6.45, 7) is 4.84. The highest BCUT2D eigenvalue weighted by molar-refractivity contribution is 5.93. The smallest absolute Gasteiger partial charge is 0.413 e. The molecular formula is C40H50F3N5O5. The fraction of sp³-hybridized carbons (Fsp3) is 0.600. The Kier molecular flexibility index (Phi) is 9.78. The van der Waals surface area contributed by atoms with Gasteiger partial charge in [-0.05, 0) is 131 Å². The monoisotopic (exact) mass is 737 g/mol. The molecule has 0 spiro atoms. The maximum absolute atomic E-state index is 14.0. The minimum Gasteiger partial charge on any atom is -0.496 e. The first kappa shape index (κ1) is 37.2. The van der Waals surface area contributed by atoms with E-state index in [0.717, 1.165) is 73.9 Å². The molecular weight excluding hydrogens is 687 g/mol. The average Bonchev–Trinajstić information content (AvgIpc) is 3.63. The molecule has 5 aliphatic rings. The summed E-state index contributed by atoms with van der Waals surface area (Å²) in [6.07, 6.45) is 7.62. The van der Waals surface area contributed by atoms with Crippen LogP contribution in [0.4, 0.5) is 23.8 Å². The van der Waals surface area contributed by atoms with Crippen LogP contribution in [-0.4, -0.2) is 75.4 Å². The van der Waals surface area contributed by atoms with Gasteiger partial charge in [-0.2, -0.15) is 18.3 Å². The Morgan fingerprint density at radius 2 is 1.70 bits per heavy atom. The van der Waals surface area contributed by atoms with Gasteiger partial charge in [-0.15, -0.1) is 0 Å². The van der Waals surface area contributed by atoms with Crippen LogP contribution in [0.1, 0.15) is 94.7 Å². The molecule has 5 fully saturated rings. The summed E-state index contributed by atoms with van der Waals surface area (Å²) in [5, 5.41) is 16.8. The second kappa shape index (κ2) is 13.9. The molecule has 286 valence electrons. The fourth-order valence-corrected chi connectivity index (χ4v) is 8.97. The molecule has 8 rings (SSSR count). The maximum atomic E-state index is 14.0. The van der Waals surface area contributed by atoms with Crippen molar-refractivity contribution in [1.29, 1.82) is 0 Å². The number of aryl methyl sites for hydroxylation is 1. The number of benzene rings is 1. The Morgan fingerprint density at radius 3 is 2.30 bits per heavy atom. The molecule has 53 heavy (non-hydrogen) atoms. The molecule has 0 unspecified atom stereocenters. The zero-order chi connectivity index (χ0) is 37.8. The second-order valence-electron chi connectivity index (χ2n) is 16.5. The second-order valence-corrected chi connectivity index (χ2v) is 16.5. The Balaban J connectivity index is 1.12. The molecule has 13 heteroatoms. The highest BCUT2D eigenvalue weighted by Crippen LogP contribution is 2.59. The predicted octanol–water partition coefficient (Wildman–Crippen LogP) is 7.70. The van der Waals surface area contributed by atoms with Gasteiger partial charge in [-0.25, -0.2) is 9.78 Å². The maximum Gasteiger partial charge on any atom is 0.413 e. The highest BCUT2D eigenvalue weighted by atomic mass is 19.4. The molecule has 2 amide bonds. The number of nitrogens with one attached hydrogen (secondary N) is 1. The number of aliphatic hydroxyl groups is 1. The van der Waals surface area contributed by atoms with E-state index in [1.54, 1.807) is 13.3 Å². The third kappa shape index (κ3) is 7.13. The number of pyridine rings is 1. The van der Waals surface area contributed by atoms with Gasteiger partial charge < -0.3 is 24.8 Å². The van der Waals surface area contributed by atoms with Crippen molar-refractivity contribution in [3.8, 4) is 16.9 Å². The van der Waals surface area contributed by atoms with Gasteiger partial charge in [0, 0.05) is 29.4 Å². The number of aliphatic hydroxyl groups excluding tert-OH is 1. The van der Waals surface area contributed by atoms with E-state index in [9.17, 15) is 27.9 Å². The van der Waals surface area contributed by atoms with Crippen LogP contribution in [0.15, 0.2) is 42.9 Å². The Hall–Kier alpha value is -4.13. The van der Waals surface area contributed by atoms with Crippen LogP contribution < -0.4 is 10.1 Å². The molecule has 2 N–H and O–H groups in total. The number of anilines is 1. The van der Waals surface area contributed by atoms with Gasteiger partial charge in [0.1, 0.15) is 17.7 Å². The first-order valence-corrected chi connectivity index (χ1v) is 18.8. The molecule has 10 nitrogen and oxygen atoms in total. The van der Waals surface area contributed by atoms with Gasteiger partial charge in [0.25, 0.3) is 0 Å². The van der Waals surface area contributed by atoms with Crippen molar-refractivity contribution in [2.75, 3.05) is 25.5 Å². The summed E-state index contributed by atoms with van der Waals surface area (Å²) in [6, 6.07) is 8.34. The first-order valence-electron chi connectivity index (χ1n) is 18.8. The van der Waals surface area contributed by atoms with Crippen LogP contribution in [0.3, 0.4) is 0 Å². The van der Waals surface area contributed by atoms with Crippen LogP contribution in [0.2, 0.25) is 0 Å². The molecule has 1 aromatic carbocycles. The number of carbonyl (C=O) groups excluding carboxylic acids is 2. The third-order valence-corrected chi connectivity index (χ3v) is 12.9. The van der Waals surface area contributed by atoms with Gasteiger partial charge in [-0.1, -0.05) is 12.1 Å². The van der Waals surface area contributed by atoms with E-state index < -0.39 is 23.9 Å². The number of carbonyl (C=O) groups is 2. The normalized spacial score (nSPS) is 26.2. The number of aromatic nitrogens is 3. The van der Waals surface area contributed by atoms with Crippen LogP contribution in [0, 0.1) is 18.3 Å². The zero-order valence-electron chi connectivity index (χ0n) is 31.0. The number of β-amino-alcohol motifs (C(OH)–C–C–N with tert-alkyl or cyclic N) is 1. The number of alkyl halides is 3. The quantitative estimate of drug-likeness (QED) is 0.231. The lowest BCUT2D eigenvalue weighted by Crippen LogP contribution is -2.54. The van der Waals surface area contributed by atoms with E-state index >= 15 is 0 Å². The van der Waals surface area contributed by atoms with Crippen molar-refractivity contribution in [3.05, 3.63) is 59.5 Å². The van der Waals surface area contributed by atoms with Crippen LogP contribution in [0.5, 0.6) is 5.75 Å². The van der Waals surface area contributed by atoms with Crippen molar-refractivity contribution in [2.24, 2.45) is 11.3 Å². The van der Waals surface area contributed by atoms with Crippen molar-refractivity contribution in [2.45, 2.75) is 121 Å². The standard InChI is InChI=1S/C40H50F3N5O5/c1-25-19-28(7-10-33(25)52-4)39-15-12-38(13-16-39,14-17-39)20-32-31(27-21-45-48(22-27)37(2,3)40(41,42)43)11-18-44-34(32)46-35(50)26-5-8-30(9-6-26)53-36(51)47-23-29(49)24-47/h7,10-11,18-19,21-22,26,29-30,49H,5-6,8-9,12-17,20,23-24H2,1-4H3,(H,44,46,50). The van der Waals surface area contributed by atoms with E-state index in [0.29, 0.717) is 49.0 Å². The van der Waals surface area contributed by atoms with Gasteiger partial charge in [0.15, 0.2) is 5.54 Å².